The van der Waals surface area contributed by atoms with Gasteiger partial charge in [-0.15, -0.1) is 11.8 Å². The van der Waals surface area contributed by atoms with Crippen LogP contribution >= 0.6 is 11.8 Å². The molecule has 2 aromatic rings. The molecule has 0 radical (unpaired) electrons. The zero-order valence-corrected chi connectivity index (χ0v) is 13.7. The van der Waals surface area contributed by atoms with E-state index in [0.717, 1.165) is 16.1 Å². The van der Waals surface area contributed by atoms with Gasteiger partial charge in [-0.05, 0) is 24.6 Å². The lowest BCUT2D eigenvalue weighted by Crippen LogP contribution is -2.34. The van der Waals surface area contributed by atoms with E-state index in [0.29, 0.717) is 6.54 Å². The number of carbonyl (C=O) groups excluding carboxylic acids is 2. The summed E-state index contributed by atoms with van der Waals surface area (Å²) < 4.78 is 0. The fraction of sp³-hybridized carbons (Fsp3) is 0.222. The molecule has 23 heavy (non-hydrogen) atoms. The van der Waals surface area contributed by atoms with Crippen molar-refractivity contribution in [2.45, 2.75) is 30.0 Å². The number of amides is 2. The number of carbonyl (C=O) groups is 2. The average Bonchev–Trinajstić information content (AvgIpc) is 2.55. The second-order valence-corrected chi connectivity index (χ2v) is 6.80. The Hall–Kier alpha value is -2.27. The van der Waals surface area contributed by atoms with Crippen LogP contribution in [0.5, 0.6) is 0 Å². The highest BCUT2D eigenvalue weighted by atomic mass is 32.2. The lowest BCUT2D eigenvalue weighted by molar-refractivity contribution is -0.124. The molecule has 0 fully saturated rings. The van der Waals surface area contributed by atoms with E-state index in [-0.39, 0.29) is 23.5 Å². The SMILES string of the molecule is Cc1ccc(CNC(=O)C[C@H]2Sc3ccccc3NC2=O)cc1. The summed E-state index contributed by atoms with van der Waals surface area (Å²) in [5, 5.41) is 5.35. The summed E-state index contributed by atoms with van der Waals surface area (Å²) in [4.78, 5) is 25.2. The summed E-state index contributed by atoms with van der Waals surface area (Å²) in [5.41, 5.74) is 3.06. The summed E-state index contributed by atoms with van der Waals surface area (Å²) in [6.07, 6.45) is 0.177. The maximum atomic E-state index is 12.1. The van der Waals surface area contributed by atoms with Gasteiger partial charge in [0.15, 0.2) is 0 Å². The summed E-state index contributed by atoms with van der Waals surface area (Å²) in [6, 6.07) is 15.7. The minimum absolute atomic E-state index is 0.112. The Morgan fingerprint density at radius 3 is 2.70 bits per heavy atom. The predicted octanol–water partition coefficient (Wildman–Crippen LogP) is 3.11. The van der Waals surface area contributed by atoms with Crippen molar-refractivity contribution in [2.24, 2.45) is 0 Å². The molecule has 4 nitrogen and oxygen atoms in total. The number of rotatable bonds is 4. The number of para-hydroxylation sites is 1. The van der Waals surface area contributed by atoms with E-state index in [4.69, 9.17) is 0 Å². The van der Waals surface area contributed by atoms with Crippen LogP contribution in [-0.2, 0) is 16.1 Å². The zero-order valence-electron chi connectivity index (χ0n) is 12.8. The smallest absolute Gasteiger partial charge is 0.238 e. The fourth-order valence-electron chi connectivity index (χ4n) is 2.37. The van der Waals surface area contributed by atoms with Crippen molar-refractivity contribution in [1.82, 2.24) is 5.32 Å². The van der Waals surface area contributed by atoms with Crippen LogP contribution < -0.4 is 10.6 Å². The molecule has 2 aromatic carbocycles. The fourth-order valence-corrected chi connectivity index (χ4v) is 3.48. The van der Waals surface area contributed by atoms with Gasteiger partial charge in [0, 0.05) is 17.9 Å². The van der Waals surface area contributed by atoms with Crippen molar-refractivity contribution in [1.29, 1.82) is 0 Å². The largest absolute Gasteiger partial charge is 0.352 e. The molecule has 118 valence electrons. The molecule has 0 aromatic heterocycles. The van der Waals surface area contributed by atoms with E-state index in [1.54, 1.807) is 0 Å². The predicted molar refractivity (Wildman–Crippen MR) is 92.4 cm³/mol. The van der Waals surface area contributed by atoms with E-state index in [1.807, 2.05) is 55.5 Å². The number of anilines is 1. The topological polar surface area (TPSA) is 58.2 Å². The molecule has 1 heterocycles. The van der Waals surface area contributed by atoms with Gasteiger partial charge < -0.3 is 10.6 Å². The molecule has 0 spiro atoms. The van der Waals surface area contributed by atoms with Crippen molar-refractivity contribution in [2.75, 3.05) is 5.32 Å². The van der Waals surface area contributed by atoms with E-state index < -0.39 is 0 Å². The molecule has 1 atom stereocenters. The first kappa shape index (κ1) is 15.6. The minimum Gasteiger partial charge on any atom is -0.352 e. The zero-order chi connectivity index (χ0) is 16.2. The van der Waals surface area contributed by atoms with Gasteiger partial charge in [0.25, 0.3) is 0 Å². The van der Waals surface area contributed by atoms with E-state index >= 15 is 0 Å². The molecule has 1 aliphatic rings. The maximum Gasteiger partial charge on any atom is 0.238 e. The first-order valence-corrected chi connectivity index (χ1v) is 8.38. The number of thioether (sulfide) groups is 1. The Bertz CT molecular complexity index is 728. The molecule has 0 saturated heterocycles. The van der Waals surface area contributed by atoms with E-state index in [9.17, 15) is 9.59 Å². The minimum atomic E-state index is -0.386. The van der Waals surface area contributed by atoms with Crippen LogP contribution in [0, 0.1) is 6.92 Å². The van der Waals surface area contributed by atoms with E-state index in [2.05, 4.69) is 10.6 Å². The molecule has 5 heteroatoms. The number of fused-ring (bicyclic) bond motifs is 1. The van der Waals surface area contributed by atoms with Crippen molar-refractivity contribution in [3.8, 4) is 0 Å². The van der Waals surface area contributed by atoms with Crippen LogP contribution in [0.2, 0.25) is 0 Å². The molecule has 3 rings (SSSR count). The third-order valence-corrected chi connectivity index (χ3v) is 4.96. The van der Waals surface area contributed by atoms with Crippen LogP contribution in [0.1, 0.15) is 17.5 Å². The first-order chi connectivity index (χ1) is 11.1. The monoisotopic (exact) mass is 326 g/mol. The molecule has 0 aliphatic carbocycles. The van der Waals surface area contributed by atoms with E-state index in [1.165, 1.54) is 17.3 Å². The van der Waals surface area contributed by atoms with Crippen molar-refractivity contribution in [3.63, 3.8) is 0 Å². The van der Waals surface area contributed by atoms with Crippen LogP contribution in [0.4, 0.5) is 5.69 Å². The highest BCUT2D eigenvalue weighted by Gasteiger charge is 2.28. The molecule has 0 saturated carbocycles. The standard InChI is InChI=1S/C18H18N2O2S/c1-12-6-8-13(9-7-12)11-19-17(21)10-16-18(22)20-14-4-2-3-5-15(14)23-16/h2-9,16H,10-11H2,1H3,(H,19,21)(H,20,22)/t16-/m1/s1. The number of benzene rings is 2. The molecule has 0 unspecified atom stereocenters. The molecule has 0 bridgehead atoms. The lowest BCUT2D eigenvalue weighted by Gasteiger charge is -2.23. The molecule has 2 amide bonds. The van der Waals surface area contributed by atoms with Crippen LogP contribution in [0.3, 0.4) is 0 Å². The quantitative estimate of drug-likeness (QED) is 0.907. The lowest BCUT2D eigenvalue weighted by atomic mass is 10.1. The average molecular weight is 326 g/mol. The van der Waals surface area contributed by atoms with Gasteiger partial charge in [0.2, 0.25) is 11.8 Å². The molecular weight excluding hydrogens is 308 g/mol. The summed E-state index contributed by atoms with van der Waals surface area (Å²) >= 11 is 1.44. The van der Waals surface area contributed by atoms with Crippen LogP contribution in [0.25, 0.3) is 0 Å². The Balaban J connectivity index is 1.56. The molecule has 1 aliphatic heterocycles. The van der Waals surface area contributed by atoms with Gasteiger partial charge in [-0.25, -0.2) is 0 Å². The summed E-state index contributed by atoms with van der Waals surface area (Å²) in [6.45, 7) is 2.51. The van der Waals surface area contributed by atoms with Crippen molar-refractivity contribution in [3.05, 3.63) is 59.7 Å². The normalized spacial score (nSPS) is 16.4. The Morgan fingerprint density at radius 1 is 1.17 bits per heavy atom. The van der Waals surface area contributed by atoms with Gasteiger partial charge in [0.05, 0.1) is 10.9 Å². The van der Waals surface area contributed by atoms with Crippen LogP contribution in [-0.4, -0.2) is 17.1 Å². The third-order valence-electron chi connectivity index (χ3n) is 3.69. The van der Waals surface area contributed by atoms with Gasteiger partial charge in [-0.2, -0.15) is 0 Å². The molecule has 2 N–H and O–H groups in total. The summed E-state index contributed by atoms with van der Waals surface area (Å²) in [7, 11) is 0. The van der Waals surface area contributed by atoms with Gasteiger partial charge in [-0.3, -0.25) is 9.59 Å². The van der Waals surface area contributed by atoms with Crippen molar-refractivity contribution >= 4 is 29.3 Å². The highest BCUT2D eigenvalue weighted by Crippen LogP contribution is 2.36. The number of hydrogen-bond acceptors (Lipinski definition) is 3. The second-order valence-electron chi connectivity index (χ2n) is 5.56. The Kier molecular flexibility index (Phi) is 4.67. The third kappa shape index (κ3) is 3.93. The molecular formula is C18H18N2O2S. The number of aryl methyl sites for hydroxylation is 1. The highest BCUT2D eigenvalue weighted by molar-refractivity contribution is 8.01. The first-order valence-electron chi connectivity index (χ1n) is 7.50. The van der Waals surface area contributed by atoms with Crippen LogP contribution in [0.15, 0.2) is 53.4 Å². The second kappa shape index (κ2) is 6.87. The van der Waals surface area contributed by atoms with Gasteiger partial charge in [0.1, 0.15) is 0 Å². The Morgan fingerprint density at radius 2 is 1.91 bits per heavy atom. The van der Waals surface area contributed by atoms with Gasteiger partial charge in [-0.1, -0.05) is 42.0 Å². The number of hydrogen-bond donors (Lipinski definition) is 2. The van der Waals surface area contributed by atoms with Crippen molar-refractivity contribution < 1.29 is 9.59 Å². The summed E-state index contributed by atoms with van der Waals surface area (Å²) in [5.74, 6) is -0.225. The maximum absolute atomic E-state index is 12.1. The number of nitrogens with one attached hydrogen (secondary N) is 2. The van der Waals surface area contributed by atoms with Gasteiger partial charge >= 0.3 is 0 Å². The Labute approximate surface area is 139 Å².